The van der Waals surface area contributed by atoms with Crippen LogP contribution < -0.4 is 4.90 Å². The van der Waals surface area contributed by atoms with Crippen molar-refractivity contribution in [1.29, 1.82) is 0 Å². The van der Waals surface area contributed by atoms with Crippen molar-refractivity contribution >= 4 is 29.1 Å². The van der Waals surface area contributed by atoms with Gasteiger partial charge in [-0.1, -0.05) is 48.5 Å². The van der Waals surface area contributed by atoms with E-state index in [1.54, 1.807) is 11.8 Å². The molecule has 0 saturated carbocycles. The Morgan fingerprint density at radius 2 is 1.81 bits per heavy atom. The van der Waals surface area contributed by atoms with Crippen LogP contribution in [0.2, 0.25) is 0 Å². The van der Waals surface area contributed by atoms with Gasteiger partial charge in [0.25, 0.3) is 0 Å². The predicted octanol–water partition coefficient (Wildman–Crippen LogP) is 3.19. The molecule has 1 amide bonds. The first-order valence-electron chi connectivity index (χ1n) is 6.80. The van der Waals surface area contributed by atoms with E-state index in [-0.39, 0.29) is 12.5 Å². The Kier molecular flexibility index (Phi) is 4.06. The van der Waals surface area contributed by atoms with Crippen molar-refractivity contribution in [2.75, 3.05) is 23.6 Å². The number of benzodiazepines with no additional fused rings is 1. The molecule has 4 heteroatoms. The van der Waals surface area contributed by atoms with Gasteiger partial charge >= 0.3 is 0 Å². The highest BCUT2D eigenvalue weighted by atomic mass is 32.2. The number of para-hydroxylation sites is 1. The fourth-order valence-corrected chi connectivity index (χ4v) is 3.02. The second-order valence-corrected chi connectivity index (χ2v) is 5.62. The Morgan fingerprint density at radius 1 is 1.10 bits per heavy atom. The molecule has 0 atom stereocenters. The largest absolute Gasteiger partial charge is 0.300 e. The molecule has 0 N–H and O–H groups in total. The molecule has 3 nitrogen and oxygen atoms in total. The third-order valence-electron chi connectivity index (χ3n) is 3.43. The van der Waals surface area contributed by atoms with Crippen LogP contribution in [0, 0.1) is 0 Å². The smallest absolute Gasteiger partial charge is 0.249 e. The van der Waals surface area contributed by atoms with E-state index in [9.17, 15) is 4.79 Å². The van der Waals surface area contributed by atoms with E-state index >= 15 is 0 Å². The Balaban J connectivity index is 2.14. The number of hydrogen-bond donors (Lipinski definition) is 0. The summed E-state index contributed by atoms with van der Waals surface area (Å²) in [6.07, 6.45) is 2.00. The lowest BCUT2D eigenvalue weighted by atomic mass is 10.0. The molecule has 0 spiro atoms. The zero-order chi connectivity index (χ0) is 14.7. The zero-order valence-corrected chi connectivity index (χ0v) is 12.6. The minimum atomic E-state index is 0.0442. The second-order valence-electron chi connectivity index (χ2n) is 4.79. The highest BCUT2D eigenvalue weighted by Crippen LogP contribution is 2.27. The molecule has 0 aliphatic carbocycles. The molecule has 2 aromatic carbocycles. The standard InChI is InChI=1S/C17H16N2OS/c1-21-12-19-15-10-6-5-9-14(15)17(18-11-16(19)20)13-7-3-2-4-8-13/h2-10H,11-12H2,1H3. The highest BCUT2D eigenvalue weighted by molar-refractivity contribution is 7.98. The number of carbonyl (C=O) groups is 1. The zero-order valence-electron chi connectivity index (χ0n) is 11.8. The molecule has 1 aliphatic heterocycles. The van der Waals surface area contributed by atoms with Gasteiger partial charge in [0.2, 0.25) is 5.91 Å². The topological polar surface area (TPSA) is 32.7 Å². The number of nitrogens with zero attached hydrogens (tertiary/aromatic N) is 2. The minimum Gasteiger partial charge on any atom is -0.300 e. The molecule has 0 fully saturated rings. The van der Waals surface area contributed by atoms with Gasteiger partial charge in [-0.3, -0.25) is 9.79 Å². The van der Waals surface area contributed by atoms with Crippen molar-refractivity contribution in [2.24, 2.45) is 4.99 Å². The first-order valence-corrected chi connectivity index (χ1v) is 8.19. The predicted molar refractivity (Wildman–Crippen MR) is 89.3 cm³/mol. The van der Waals surface area contributed by atoms with Crippen LogP contribution in [0.15, 0.2) is 59.6 Å². The van der Waals surface area contributed by atoms with Gasteiger partial charge in [0, 0.05) is 11.1 Å². The summed E-state index contributed by atoms with van der Waals surface area (Å²) in [5, 5.41) is 0. The van der Waals surface area contributed by atoms with Gasteiger partial charge in [0.15, 0.2) is 0 Å². The van der Waals surface area contributed by atoms with Crippen LogP contribution in [0.25, 0.3) is 0 Å². The number of rotatable bonds is 3. The number of hydrogen-bond acceptors (Lipinski definition) is 3. The molecular weight excluding hydrogens is 280 g/mol. The average Bonchev–Trinajstić information content (AvgIpc) is 2.67. The molecule has 0 bridgehead atoms. The summed E-state index contributed by atoms with van der Waals surface area (Å²) in [6, 6.07) is 18.0. The van der Waals surface area contributed by atoms with E-state index in [1.807, 2.05) is 65.8 Å². The van der Waals surface area contributed by atoms with Crippen molar-refractivity contribution in [1.82, 2.24) is 0 Å². The fraction of sp³-hybridized carbons (Fsp3) is 0.176. The van der Waals surface area contributed by atoms with Crippen LogP contribution >= 0.6 is 11.8 Å². The van der Waals surface area contributed by atoms with Crippen LogP contribution in [0.3, 0.4) is 0 Å². The summed E-state index contributed by atoms with van der Waals surface area (Å²) < 4.78 is 0. The fourth-order valence-electron chi connectivity index (χ4n) is 2.47. The van der Waals surface area contributed by atoms with E-state index in [2.05, 4.69) is 4.99 Å². The number of fused-ring (bicyclic) bond motifs is 1. The Morgan fingerprint density at radius 3 is 2.57 bits per heavy atom. The van der Waals surface area contributed by atoms with Crippen molar-refractivity contribution in [3.05, 3.63) is 65.7 Å². The average molecular weight is 296 g/mol. The summed E-state index contributed by atoms with van der Waals surface area (Å²) in [6.45, 7) is 0.194. The van der Waals surface area contributed by atoms with Crippen LogP contribution in [0.5, 0.6) is 0 Å². The summed E-state index contributed by atoms with van der Waals surface area (Å²) in [5.41, 5.74) is 3.90. The minimum absolute atomic E-state index is 0.0442. The first kappa shape index (κ1) is 13.9. The Bertz CT molecular complexity index is 682. The molecule has 2 aromatic rings. The molecule has 3 rings (SSSR count). The van der Waals surface area contributed by atoms with Gasteiger partial charge in [0.05, 0.1) is 17.3 Å². The lowest BCUT2D eigenvalue weighted by Gasteiger charge is -2.21. The SMILES string of the molecule is CSCN1C(=O)CN=C(c2ccccc2)c2ccccc21. The van der Waals surface area contributed by atoms with Crippen molar-refractivity contribution < 1.29 is 4.79 Å². The highest BCUT2D eigenvalue weighted by Gasteiger charge is 2.24. The van der Waals surface area contributed by atoms with Gasteiger partial charge in [-0.25, -0.2) is 0 Å². The van der Waals surface area contributed by atoms with E-state index < -0.39 is 0 Å². The number of carbonyl (C=O) groups excluding carboxylic acids is 1. The van der Waals surface area contributed by atoms with Crippen molar-refractivity contribution in [2.45, 2.75) is 0 Å². The summed E-state index contributed by atoms with van der Waals surface area (Å²) in [4.78, 5) is 18.7. The van der Waals surface area contributed by atoms with Gasteiger partial charge in [-0.05, 0) is 12.3 Å². The van der Waals surface area contributed by atoms with E-state index in [0.29, 0.717) is 5.88 Å². The maximum atomic E-state index is 12.3. The molecular formula is C17H16N2OS. The number of amides is 1. The Labute approximate surface area is 128 Å². The maximum Gasteiger partial charge on any atom is 0.249 e. The van der Waals surface area contributed by atoms with Gasteiger partial charge in [-0.2, -0.15) is 0 Å². The molecule has 0 radical (unpaired) electrons. The molecule has 21 heavy (non-hydrogen) atoms. The monoisotopic (exact) mass is 296 g/mol. The molecule has 1 heterocycles. The van der Waals surface area contributed by atoms with Crippen LogP contribution in [-0.2, 0) is 4.79 Å². The molecule has 0 unspecified atom stereocenters. The molecule has 0 saturated heterocycles. The van der Waals surface area contributed by atoms with E-state index in [1.165, 1.54) is 0 Å². The lowest BCUT2D eigenvalue weighted by Crippen LogP contribution is -2.32. The maximum absolute atomic E-state index is 12.3. The third kappa shape index (κ3) is 2.72. The van der Waals surface area contributed by atoms with Gasteiger partial charge in [0.1, 0.15) is 6.54 Å². The van der Waals surface area contributed by atoms with Crippen molar-refractivity contribution in [3.8, 4) is 0 Å². The first-order chi connectivity index (χ1) is 10.3. The van der Waals surface area contributed by atoms with E-state index in [4.69, 9.17) is 0 Å². The quantitative estimate of drug-likeness (QED) is 0.871. The summed E-state index contributed by atoms with van der Waals surface area (Å²) >= 11 is 1.64. The summed E-state index contributed by atoms with van der Waals surface area (Å²) in [5.74, 6) is 0.690. The number of benzene rings is 2. The van der Waals surface area contributed by atoms with E-state index in [0.717, 1.165) is 22.5 Å². The van der Waals surface area contributed by atoms with Gasteiger partial charge in [-0.15, -0.1) is 11.8 Å². The van der Waals surface area contributed by atoms with Gasteiger partial charge < -0.3 is 4.90 Å². The van der Waals surface area contributed by atoms with Crippen LogP contribution in [-0.4, -0.2) is 30.3 Å². The second kappa shape index (κ2) is 6.14. The Hall–Kier alpha value is -2.07. The third-order valence-corrected chi connectivity index (χ3v) is 3.95. The number of aliphatic imine (C=N–C) groups is 1. The van der Waals surface area contributed by atoms with Crippen LogP contribution in [0.4, 0.5) is 5.69 Å². The molecule has 106 valence electrons. The number of thioether (sulfide) groups is 1. The summed E-state index contributed by atoms with van der Waals surface area (Å²) in [7, 11) is 0. The van der Waals surface area contributed by atoms with Crippen LogP contribution in [0.1, 0.15) is 11.1 Å². The normalized spacial score (nSPS) is 14.4. The lowest BCUT2D eigenvalue weighted by molar-refractivity contribution is -0.117. The number of anilines is 1. The van der Waals surface area contributed by atoms with Crippen molar-refractivity contribution in [3.63, 3.8) is 0 Å². The molecule has 1 aliphatic rings. The molecule has 0 aromatic heterocycles.